The summed E-state index contributed by atoms with van der Waals surface area (Å²) in [6, 6.07) is 14.9. The summed E-state index contributed by atoms with van der Waals surface area (Å²) in [4.78, 5) is 18.3. The Balaban J connectivity index is 1.97. The number of fused-ring (bicyclic) bond motifs is 1. The van der Waals surface area contributed by atoms with Gasteiger partial charge in [0.25, 0.3) is 5.56 Å². The Morgan fingerprint density at radius 3 is 2.59 bits per heavy atom. The molecule has 0 spiro atoms. The van der Waals surface area contributed by atoms with Crippen LogP contribution in [0, 0.1) is 22.2 Å². The van der Waals surface area contributed by atoms with Crippen LogP contribution in [0.5, 0.6) is 5.75 Å². The van der Waals surface area contributed by atoms with Gasteiger partial charge in [0.1, 0.15) is 10.4 Å². The van der Waals surface area contributed by atoms with Gasteiger partial charge in [-0.3, -0.25) is 13.9 Å². The standard InChI is InChI=1S/C22H17ClN4O2S3/c1-3-29-16-7-4-14(5-8-16)27-20(28)18-19(25-21(27)31-11-10-24)26(22(30)32-18)15-6-9-17(23)13(2)12-15/h4-9,12H,3,11H2,1-2H3. The van der Waals surface area contributed by atoms with Gasteiger partial charge < -0.3 is 4.74 Å². The van der Waals surface area contributed by atoms with E-state index in [-0.39, 0.29) is 11.3 Å². The van der Waals surface area contributed by atoms with E-state index in [2.05, 4.69) is 6.07 Å². The Labute approximate surface area is 202 Å². The molecule has 10 heteroatoms. The minimum Gasteiger partial charge on any atom is -0.494 e. The van der Waals surface area contributed by atoms with Crippen molar-refractivity contribution in [2.75, 3.05) is 12.4 Å². The van der Waals surface area contributed by atoms with Crippen LogP contribution in [0.15, 0.2) is 52.4 Å². The summed E-state index contributed by atoms with van der Waals surface area (Å²) in [5.41, 5.74) is 2.55. The fourth-order valence-corrected chi connectivity index (χ4v) is 5.30. The number of nitrogens with zero attached hydrogens (tertiary/aromatic N) is 4. The molecule has 0 N–H and O–H groups in total. The number of thioether (sulfide) groups is 1. The third kappa shape index (κ3) is 4.19. The van der Waals surface area contributed by atoms with E-state index in [1.807, 2.05) is 26.0 Å². The lowest BCUT2D eigenvalue weighted by Crippen LogP contribution is -2.21. The van der Waals surface area contributed by atoms with E-state index in [1.165, 1.54) is 27.7 Å². The second kappa shape index (κ2) is 9.46. The predicted molar refractivity (Wildman–Crippen MR) is 133 cm³/mol. The molecule has 32 heavy (non-hydrogen) atoms. The van der Waals surface area contributed by atoms with Crippen molar-refractivity contribution in [1.29, 1.82) is 5.26 Å². The Kier molecular flexibility index (Phi) is 6.67. The normalized spacial score (nSPS) is 10.9. The van der Waals surface area contributed by atoms with Crippen LogP contribution in [0.25, 0.3) is 21.7 Å². The first-order valence-corrected chi connectivity index (χ1v) is 12.2. The number of hydrogen-bond donors (Lipinski definition) is 0. The maximum atomic E-state index is 13.6. The van der Waals surface area contributed by atoms with Gasteiger partial charge in [-0.2, -0.15) is 5.26 Å². The van der Waals surface area contributed by atoms with Crippen molar-refractivity contribution < 1.29 is 4.74 Å². The van der Waals surface area contributed by atoms with Gasteiger partial charge >= 0.3 is 0 Å². The van der Waals surface area contributed by atoms with Gasteiger partial charge in [0.15, 0.2) is 14.8 Å². The Morgan fingerprint density at radius 2 is 1.94 bits per heavy atom. The van der Waals surface area contributed by atoms with Crippen molar-refractivity contribution in [3.05, 3.63) is 67.4 Å². The molecule has 0 radical (unpaired) electrons. The van der Waals surface area contributed by atoms with Crippen LogP contribution in [0.3, 0.4) is 0 Å². The largest absolute Gasteiger partial charge is 0.494 e. The van der Waals surface area contributed by atoms with Crippen molar-refractivity contribution in [1.82, 2.24) is 14.1 Å². The van der Waals surface area contributed by atoms with E-state index in [1.54, 1.807) is 34.9 Å². The number of halogens is 1. The van der Waals surface area contributed by atoms with Gasteiger partial charge in [-0.05, 0) is 74.1 Å². The fourth-order valence-electron chi connectivity index (χ4n) is 3.21. The Bertz CT molecular complexity index is 1470. The number of thiazole rings is 1. The number of rotatable bonds is 6. The first-order chi connectivity index (χ1) is 15.4. The van der Waals surface area contributed by atoms with Crippen LogP contribution >= 0.6 is 46.9 Å². The highest BCUT2D eigenvalue weighted by molar-refractivity contribution is 7.99. The molecule has 0 saturated heterocycles. The van der Waals surface area contributed by atoms with Crippen molar-refractivity contribution in [2.45, 2.75) is 19.0 Å². The van der Waals surface area contributed by atoms with E-state index >= 15 is 0 Å². The molecule has 2 aromatic heterocycles. The third-order valence-corrected chi connectivity index (χ3v) is 7.23. The van der Waals surface area contributed by atoms with Crippen molar-refractivity contribution in [2.24, 2.45) is 0 Å². The van der Waals surface area contributed by atoms with E-state index in [0.29, 0.717) is 42.5 Å². The van der Waals surface area contributed by atoms with Crippen LogP contribution in [0.2, 0.25) is 5.02 Å². The van der Waals surface area contributed by atoms with E-state index in [9.17, 15) is 4.79 Å². The van der Waals surface area contributed by atoms with Crippen LogP contribution < -0.4 is 10.3 Å². The minimum absolute atomic E-state index is 0.153. The Hall–Kier alpha value is -2.64. The van der Waals surface area contributed by atoms with Crippen LogP contribution in [-0.4, -0.2) is 26.5 Å². The summed E-state index contributed by atoms with van der Waals surface area (Å²) >= 11 is 14.2. The van der Waals surface area contributed by atoms with Gasteiger partial charge in [-0.25, -0.2) is 4.98 Å². The lowest BCUT2D eigenvalue weighted by atomic mass is 10.2. The molecule has 0 fully saturated rings. The quantitative estimate of drug-likeness (QED) is 0.185. The molecule has 162 valence electrons. The van der Waals surface area contributed by atoms with Crippen molar-refractivity contribution in [3.63, 3.8) is 0 Å². The average molecular weight is 501 g/mol. The van der Waals surface area contributed by atoms with Gasteiger partial charge in [-0.15, -0.1) is 0 Å². The summed E-state index contributed by atoms with van der Waals surface area (Å²) < 4.78 is 9.75. The first kappa shape index (κ1) is 22.6. The van der Waals surface area contributed by atoms with Gasteiger partial charge in [-0.1, -0.05) is 34.7 Å². The van der Waals surface area contributed by atoms with Gasteiger partial charge in [0.2, 0.25) is 0 Å². The van der Waals surface area contributed by atoms with E-state index < -0.39 is 0 Å². The zero-order valence-corrected chi connectivity index (χ0v) is 20.4. The SMILES string of the molecule is CCOc1ccc(-n2c(SCC#N)nc3c(sc(=S)n3-c3ccc(Cl)c(C)c3)c2=O)cc1. The number of nitriles is 1. The Morgan fingerprint density at radius 1 is 1.22 bits per heavy atom. The summed E-state index contributed by atoms with van der Waals surface area (Å²) in [6.07, 6.45) is 0. The van der Waals surface area contributed by atoms with Crippen LogP contribution in [0.4, 0.5) is 0 Å². The summed E-state index contributed by atoms with van der Waals surface area (Å²) in [7, 11) is 0. The lowest BCUT2D eigenvalue weighted by molar-refractivity contribution is 0.340. The molecule has 2 aromatic carbocycles. The molecule has 0 aliphatic carbocycles. The summed E-state index contributed by atoms with van der Waals surface area (Å²) in [5.74, 6) is 0.865. The zero-order valence-electron chi connectivity index (χ0n) is 17.2. The topological polar surface area (TPSA) is 72.8 Å². The molecule has 2 heterocycles. The molecule has 4 rings (SSSR count). The average Bonchev–Trinajstić information content (AvgIpc) is 3.11. The minimum atomic E-state index is -0.236. The molecule has 0 amide bonds. The van der Waals surface area contributed by atoms with Crippen molar-refractivity contribution in [3.8, 4) is 23.2 Å². The first-order valence-electron chi connectivity index (χ1n) is 9.62. The van der Waals surface area contributed by atoms with Gasteiger partial charge in [0.05, 0.1) is 24.1 Å². The summed E-state index contributed by atoms with van der Waals surface area (Å²) in [5, 5.41) is 10.2. The molecule has 0 aliphatic heterocycles. The molecule has 4 aromatic rings. The van der Waals surface area contributed by atoms with Gasteiger partial charge in [0, 0.05) is 10.7 Å². The van der Waals surface area contributed by atoms with Crippen LogP contribution in [0.1, 0.15) is 12.5 Å². The maximum absolute atomic E-state index is 13.6. The zero-order chi connectivity index (χ0) is 22.8. The molecular formula is C22H17ClN4O2S3. The molecule has 0 atom stereocenters. The number of benzene rings is 2. The molecule has 0 bridgehead atoms. The fraction of sp³-hybridized carbons (Fsp3) is 0.182. The highest BCUT2D eigenvalue weighted by Gasteiger charge is 2.19. The molecule has 0 saturated carbocycles. The molecule has 6 nitrogen and oxygen atoms in total. The third-order valence-electron chi connectivity index (χ3n) is 4.65. The smallest absolute Gasteiger partial charge is 0.278 e. The second-order valence-electron chi connectivity index (χ2n) is 6.70. The lowest BCUT2D eigenvalue weighted by Gasteiger charge is -2.13. The molecular weight excluding hydrogens is 484 g/mol. The highest BCUT2D eigenvalue weighted by atomic mass is 35.5. The second-order valence-corrected chi connectivity index (χ2v) is 9.69. The van der Waals surface area contributed by atoms with E-state index in [0.717, 1.165) is 11.3 Å². The number of ether oxygens (including phenoxy) is 1. The summed E-state index contributed by atoms with van der Waals surface area (Å²) in [6.45, 7) is 4.37. The molecule has 0 aliphatic rings. The predicted octanol–water partition coefficient (Wildman–Crippen LogP) is 5.94. The maximum Gasteiger partial charge on any atom is 0.278 e. The number of hydrogen-bond acceptors (Lipinski definition) is 7. The number of aryl methyl sites for hydroxylation is 1. The van der Waals surface area contributed by atoms with E-state index in [4.69, 9.17) is 38.8 Å². The molecule has 0 unspecified atom stereocenters. The van der Waals surface area contributed by atoms with Crippen LogP contribution in [-0.2, 0) is 0 Å². The monoisotopic (exact) mass is 500 g/mol. The number of aromatic nitrogens is 3. The van der Waals surface area contributed by atoms with Crippen molar-refractivity contribution >= 4 is 57.3 Å². The highest BCUT2D eigenvalue weighted by Crippen LogP contribution is 2.29.